The van der Waals surface area contributed by atoms with Gasteiger partial charge < -0.3 is 10.7 Å². The van der Waals surface area contributed by atoms with Gasteiger partial charge in [0, 0.05) is 23.3 Å². The number of pyridine rings is 1. The number of nitrogens with zero attached hydrogens (tertiary/aromatic N) is 5. The summed E-state index contributed by atoms with van der Waals surface area (Å²) < 4.78 is 1.84. The SMILES string of the molecule is Nc1ncnc2c1c(-c1cc3ccccc3[nH]1)nn2Cc1cccnc1. The van der Waals surface area contributed by atoms with Crippen LogP contribution in [0.2, 0.25) is 0 Å². The monoisotopic (exact) mass is 341 g/mol. The fourth-order valence-electron chi connectivity index (χ4n) is 3.19. The van der Waals surface area contributed by atoms with Crippen molar-refractivity contribution in [2.75, 3.05) is 5.73 Å². The first kappa shape index (κ1) is 14.6. The van der Waals surface area contributed by atoms with Crippen LogP contribution < -0.4 is 5.73 Å². The van der Waals surface area contributed by atoms with Crippen LogP contribution in [-0.2, 0) is 6.54 Å². The minimum Gasteiger partial charge on any atom is -0.383 e. The van der Waals surface area contributed by atoms with Gasteiger partial charge in [-0.25, -0.2) is 14.6 Å². The van der Waals surface area contributed by atoms with Gasteiger partial charge in [0.15, 0.2) is 5.65 Å². The van der Waals surface area contributed by atoms with Crippen LogP contribution in [-0.4, -0.2) is 29.7 Å². The van der Waals surface area contributed by atoms with E-state index < -0.39 is 0 Å². The minimum absolute atomic E-state index is 0.418. The number of para-hydroxylation sites is 1. The van der Waals surface area contributed by atoms with Crippen molar-refractivity contribution in [1.82, 2.24) is 29.7 Å². The van der Waals surface area contributed by atoms with Gasteiger partial charge in [-0.05, 0) is 23.8 Å². The van der Waals surface area contributed by atoms with Crippen molar-refractivity contribution < 1.29 is 0 Å². The van der Waals surface area contributed by atoms with Crippen molar-refractivity contribution in [1.29, 1.82) is 0 Å². The van der Waals surface area contributed by atoms with Crippen LogP contribution in [0.4, 0.5) is 5.82 Å². The van der Waals surface area contributed by atoms with E-state index in [-0.39, 0.29) is 0 Å². The van der Waals surface area contributed by atoms with Gasteiger partial charge in [0.25, 0.3) is 0 Å². The van der Waals surface area contributed by atoms with E-state index in [4.69, 9.17) is 10.8 Å². The minimum atomic E-state index is 0.418. The fraction of sp³-hybridized carbons (Fsp3) is 0.0526. The van der Waals surface area contributed by atoms with E-state index in [1.165, 1.54) is 6.33 Å². The van der Waals surface area contributed by atoms with Crippen molar-refractivity contribution in [2.45, 2.75) is 6.54 Å². The predicted octanol–water partition coefficient (Wildman–Crippen LogP) is 3.00. The molecule has 0 atom stereocenters. The molecule has 0 radical (unpaired) electrons. The lowest BCUT2D eigenvalue weighted by molar-refractivity contribution is 0.703. The number of aromatic nitrogens is 6. The summed E-state index contributed by atoms with van der Waals surface area (Å²) in [5.74, 6) is 0.418. The molecule has 4 aromatic heterocycles. The molecule has 126 valence electrons. The standard InChI is InChI=1S/C19H15N7/c20-18-16-17(15-8-13-5-1-2-6-14(13)24-15)25-26(19(16)23-11-22-18)10-12-4-3-7-21-9-12/h1-9,11,24H,10H2,(H2,20,22,23). The van der Waals surface area contributed by atoms with E-state index in [1.54, 1.807) is 6.20 Å². The van der Waals surface area contributed by atoms with E-state index in [2.05, 4.69) is 32.1 Å². The normalized spacial score (nSPS) is 11.4. The van der Waals surface area contributed by atoms with Gasteiger partial charge >= 0.3 is 0 Å². The Balaban J connectivity index is 1.72. The fourth-order valence-corrected chi connectivity index (χ4v) is 3.19. The number of rotatable bonds is 3. The first-order valence-electron chi connectivity index (χ1n) is 8.23. The van der Waals surface area contributed by atoms with Crippen molar-refractivity contribution in [3.63, 3.8) is 0 Å². The van der Waals surface area contributed by atoms with E-state index in [0.29, 0.717) is 18.0 Å². The highest BCUT2D eigenvalue weighted by Gasteiger charge is 2.18. The molecule has 5 aromatic rings. The smallest absolute Gasteiger partial charge is 0.164 e. The van der Waals surface area contributed by atoms with Gasteiger partial charge in [-0.15, -0.1) is 0 Å². The molecule has 0 bridgehead atoms. The van der Waals surface area contributed by atoms with Crippen molar-refractivity contribution in [3.05, 3.63) is 66.7 Å². The first-order chi connectivity index (χ1) is 12.8. The molecule has 7 nitrogen and oxygen atoms in total. The van der Waals surface area contributed by atoms with E-state index >= 15 is 0 Å². The molecular formula is C19H15N7. The Morgan fingerprint density at radius 3 is 2.85 bits per heavy atom. The van der Waals surface area contributed by atoms with Crippen molar-refractivity contribution in [2.24, 2.45) is 0 Å². The van der Waals surface area contributed by atoms with Gasteiger partial charge in [-0.2, -0.15) is 5.10 Å². The molecule has 3 N–H and O–H groups in total. The Kier molecular flexibility index (Phi) is 3.18. The second-order valence-corrected chi connectivity index (χ2v) is 6.10. The second kappa shape index (κ2) is 5.66. The molecule has 0 aliphatic heterocycles. The number of aromatic amines is 1. The largest absolute Gasteiger partial charge is 0.383 e. The quantitative estimate of drug-likeness (QED) is 0.526. The summed E-state index contributed by atoms with van der Waals surface area (Å²) in [4.78, 5) is 16.1. The molecule has 5 rings (SSSR count). The lowest BCUT2D eigenvalue weighted by atomic mass is 10.2. The summed E-state index contributed by atoms with van der Waals surface area (Å²) in [6.07, 6.45) is 5.04. The molecule has 0 unspecified atom stereocenters. The number of fused-ring (bicyclic) bond motifs is 2. The maximum absolute atomic E-state index is 6.16. The number of nitrogen functional groups attached to an aromatic ring is 1. The number of H-pyrrole nitrogens is 1. The number of benzene rings is 1. The Labute approximate surface area is 148 Å². The Hall–Kier alpha value is -3.74. The Morgan fingerprint density at radius 2 is 2.00 bits per heavy atom. The number of hydrogen-bond acceptors (Lipinski definition) is 5. The summed E-state index contributed by atoms with van der Waals surface area (Å²) in [6.45, 7) is 0.557. The van der Waals surface area contributed by atoms with Crippen LogP contribution in [0.15, 0.2) is 61.2 Å². The highest BCUT2D eigenvalue weighted by Crippen LogP contribution is 2.31. The Morgan fingerprint density at radius 1 is 1.08 bits per heavy atom. The molecule has 0 saturated carbocycles. The molecule has 0 amide bonds. The maximum Gasteiger partial charge on any atom is 0.164 e. The number of nitrogens with two attached hydrogens (primary N) is 1. The van der Waals surface area contributed by atoms with E-state index in [1.807, 2.05) is 41.2 Å². The predicted molar refractivity (Wildman–Crippen MR) is 100 cm³/mol. The third-order valence-corrected chi connectivity index (χ3v) is 4.40. The molecule has 0 saturated heterocycles. The van der Waals surface area contributed by atoms with Gasteiger partial charge in [-0.1, -0.05) is 24.3 Å². The average molecular weight is 341 g/mol. The molecule has 26 heavy (non-hydrogen) atoms. The zero-order chi connectivity index (χ0) is 17.5. The Bertz CT molecular complexity index is 1190. The van der Waals surface area contributed by atoms with Crippen LogP contribution in [0.1, 0.15) is 5.56 Å². The average Bonchev–Trinajstić information content (AvgIpc) is 3.25. The molecule has 1 aromatic carbocycles. The van der Waals surface area contributed by atoms with Crippen LogP contribution in [0.3, 0.4) is 0 Å². The molecule has 7 heteroatoms. The molecule has 0 spiro atoms. The summed E-state index contributed by atoms with van der Waals surface area (Å²) in [6, 6.07) is 14.1. The van der Waals surface area contributed by atoms with Gasteiger partial charge in [0.2, 0.25) is 0 Å². The first-order valence-corrected chi connectivity index (χ1v) is 8.23. The lowest BCUT2D eigenvalue weighted by Gasteiger charge is -2.02. The topological polar surface area (TPSA) is 98.3 Å². The second-order valence-electron chi connectivity index (χ2n) is 6.10. The van der Waals surface area contributed by atoms with Crippen molar-refractivity contribution >= 4 is 27.8 Å². The summed E-state index contributed by atoms with van der Waals surface area (Å²) in [7, 11) is 0. The lowest BCUT2D eigenvalue weighted by Crippen LogP contribution is -2.03. The summed E-state index contributed by atoms with van der Waals surface area (Å²) >= 11 is 0. The third-order valence-electron chi connectivity index (χ3n) is 4.40. The summed E-state index contributed by atoms with van der Waals surface area (Å²) in [5.41, 5.74) is 10.6. The van der Waals surface area contributed by atoms with Crippen LogP contribution >= 0.6 is 0 Å². The van der Waals surface area contributed by atoms with Crippen LogP contribution in [0.5, 0.6) is 0 Å². The molecule has 0 aliphatic rings. The number of nitrogens with one attached hydrogen (secondary N) is 1. The summed E-state index contributed by atoms with van der Waals surface area (Å²) in [5, 5.41) is 6.66. The molecule has 4 heterocycles. The van der Waals surface area contributed by atoms with Gasteiger partial charge in [0.1, 0.15) is 17.8 Å². The zero-order valence-corrected chi connectivity index (χ0v) is 13.8. The molecule has 0 fully saturated rings. The maximum atomic E-state index is 6.16. The molecule has 0 aliphatic carbocycles. The third kappa shape index (κ3) is 2.29. The molecular weight excluding hydrogens is 326 g/mol. The number of anilines is 1. The van der Waals surface area contributed by atoms with Gasteiger partial charge in [0.05, 0.1) is 17.6 Å². The number of hydrogen-bond donors (Lipinski definition) is 2. The van der Waals surface area contributed by atoms with E-state index in [0.717, 1.165) is 33.2 Å². The highest BCUT2D eigenvalue weighted by molar-refractivity contribution is 5.99. The van der Waals surface area contributed by atoms with Crippen LogP contribution in [0, 0.1) is 0 Å². The van der Waals surface area contributed by atoms with Crippen LogP contribution in [0.25, 0.3) is 33.3 Å². The zero-order valence-electron chi connectivity index (χ0n) is 13.8. The highest BCUT2D eigenvalue weighted by atomic mass is 15.3. The van der Waals surface area contributed by atoms with E-state index in [9.17, 15) is 0 Å². The van der Waals surface area contributed by atoms with Crippen molar-refractivity contribution in [3.8, 4) is 11.4 Å². The van der Waals surface area contributed by atoms with Gasteiger partial charge in [-0.3, -0.25) is 4.98 Å².